The van der Waals surface area contributed by atoms with E-state index in [9.17, 15) is 9.18 Å². The van der Waals surface area contributed by atoms with Crippen molar-refractivity contribution in [2.45, 2.75) is 52.9 Å². The number of ether oxygens (including phenoxy) is 3. The summed E-state index contributed by atoms with van der Waals surface area (Å²) in [6, 6.07) is 6.49. The standard InChI is InChI=1S/C29H37FN2O6/c1-18(2)29-31-25-20(4)24(21(5)33)26(36-16-17-37-32-11-14-34-15-12-32)28(27(25)38-29)35-13-10-19(3)22-6-8-23(30)9-7-22/h6-9,18-19H,10-17H2,1-5H3. The van der Waals surface area contributed by atoms with Crippen LogP contribution < -0.4 is 9.47 Å². The van der Waals surface area contributed by atoms with E-state index < -0.39 is 0 Å². The Bertz CT molecular complexity index is 1230. The summed E-state index contributed by atoms with van der Waals surface area (Å²) in [5.41, 5.74) is 3.20. The van der Waals surface area contributed by atoms with Crippen molar-refractivity contribution in [3.8, 4) is 11.5 Å². The van der Waals surface area contributed by atoms with Crippen LogP contribution in [0.25, 0.3) is 11.1 Å². The van der Waals surface area contributed by atoms with Crippen molar-refractivity contribution in [3.63, 3.8) is 0 Å². The summed E-state index contributed by atoms with van der Waals surface area (Å²) >= 11 is 0. The predicted octanol–water partition coefficient (Wildman–Crippen LogP) is 5.82. The molecular weight excluding hydrogens is 491 g/mol. The number of morpholine rings is 1. The third-order valence-electron chi connectivity index (χ3n) is 6.67. The smallest absolute Gasteiger partial charge is 0.207 e. The van der Waals surface area contributed by atoms with Crippen molar-refractivity contribution >= 4 is 16.9 Å². The summed E-state index contributed by atoms with van der Waals surface area (Å²) < 4.78 is 37.3. The number of hydroxylamine groups is 2. The van der Waals surface area contributed by atoms with Crippen LogP contribution in [0.1, 0.15) is 73.3 Å². The van der Waals surface area contributed by atoms with Gasteiger partial charge in [-0.15, -0.1) is 0 Å². The fourth-order valence-corrected chi connectivity index (χ4v) is 4.47. The Labute approximate surface area is 223 Å². The number of benzene rings is 2. The molecule has 8 nitrogen and oxygen atoms in total. The highest BCUT2D eigenvalue weighted by Gasteiger charge is 2.28. The summed E-state index contributed by atoms with van der Waals surface area (Å²) in [6.45, 7) is 12.9. The highest BCUT2D eigenvalue weighted by Crippen LogP contribution is 2.43. The van der Waals surface area contributed by atoms with E-state index in [1.54, 1.807) is 12.1 Å². The van der Waals surface area contributed by atoms with Gasteiger partial charge in [0.15, 0.2) is 17.4 Å². The molecule has 1 atom stereocenters. The molecule has 0 spiro atoms. The maximum atomic E-state index is 13.3. The molecule has 1 saturated heterocycles. The molecule has 3 aromatic rings. The number of carbonyl (C=O) groups is 1. The van der Waals surface area contributed by atoms with Crippen molar-refractivity contribution in [1.29, 1.82) is 0 Å². The lowest BCUT2D eigenvalue weighted by Crippen LogP contribution is -2.37. The molecule has 2 aromatic carbocycles. The van der Waals surface area contributed by atoms with E-state index in [4.69, 9.17) is 23.5 Å². The van der Waals surface area contributed by atoms with Gasteiger partial charge in [-0.1, -0.05) is 32.9 Å². The molecule has 0 radical (unpaired) electrons. The fraction of sp³-hybridized carbons (Fsp3) is 0.517. The number of carbonyl (C=O) groups excluding carboxylic acids is 1. The Morgan fingerprint density at radius 2 is 1.74 bits per heavy atom. The van der Waals surface area contributed by atoms with Gasteiger partial charge in [-0.05, 0) is 49.4 Å². The first-order valence-electron chi connectivity index (χ1n) is 13.2. The lowest BCUT2D eigenvalue weighted by atomic mass is 9.98. The van der Waals surface area contributed by atoms with Crippen molar-refractivity contribution < 1.29 is 32.7 Å². The van der Waals surface area contributed by atoms with Gasteiger partial charge >= 0.3 is 0 Å². The molecule has 0 amide bonds. The van der Waals surface area contributed by atoms with Crippen LogP contribution in [0.2, 0.25) is 0 Å². The van der Waals surface area contributed by atoms with E-state index in [1.807, 2.05) is 25.8 Å². The number of ketones is 1. The van der Waals surface area contributed by atoms with E-state index in [1.165, 1.54) is 19.1 Å². The SMILES string of the molecule is CC(=O)c1c(OCCON2CCOCC2)c(OCCC(C)c2ccc(F)cc2)c2oc(C(C)C)nc2c1C. The highest BCUT2D eigenvalue weighted by atomic mass is 19.1. The van der Waals surface area contributed by atoms with Gasteiger partial charge in [0.25, 0.3) is 0 Å². The van der Waals surface area contributed by atoms with Gasteiger partial charge in [-0.3, -0.25) is 9.63 Å². The average Bonchev–Trinajstić information content (AvgIpc) is 3.35. The van der Waals surface area contributed by atoms with E-state index in [-0.39, 0.29) is 30.0 Å². The second-order valence-corrected chi connectivity index (χ2v) is 9.91. The second kappa shape index (κ2) is 12.7. The molecule has 9 heteroatoms. The number of oxazole rings is 1. The van der Waals surface area contributed by atoms with Crippen molar-refractivity contribution in [3.05, 3.63) is 52.7 Å². The lowest BCUT2D eigenvalue weighted by molar-refractivity contribution is -0.197. The lowest BCUT2D eigenvalue weighted by Gasteiger charge is -2.26. The third kappa shape index (κ3) is 6.51. The molecule has 0 saturated carbocycles. The quantitative estimate of drug-likeness (QED) is 0.215. The van der Waals surface area contributed by atoms with Crippen molar-refractivity contribution in [1.82, 2.24) is 10.0 Å². The first-order chi connectivity index (χ1) is 18.3. The van der Waals surface area contributed by atoms with Gasteiger partial charge in [-0.25, -0.2) is 9.37 Å². The van der Waals surface area contributed by atoms with Crippen LogP contribution in [-0.4, -0.2) is 62.0 Å². The van der Waals surface area contributed by atoms with Crippen LogP contribution in [0.4, 0.5) is 4.39 Å². The molecule has 0 bridgehead atoms. The zero-order valence-corrected chi connectivity index (χ0v) is 22.8. The molecule has 1 aliphatic heterocycles. The largest absolute Gasteiger partial charge is 0.486 e. The van der Waals surface area contributed by atoms with E-state index >= 15 is 0 Å². The highest BCUT2D eigenvalue weighted by molar-refractivity contribution is 6.05. The second-order valence-electron chi connectivity index (χ2n) is 9.91. The fourth-order valence-electron chi connectivity index (χ4n) is 4.47. The van der Waals surface area contributed by atoms with Gasteiger partial charge in [0.2, 0.25) is 11.3 Å². The number of fused-ring (bicyclic) bond motifs is 1. The number of rotatable bonds is 12. The Kier molecular flexibility index (Phi) is 9.35. The first-order valence-corrected chi connectivity index (χ1v) is 13.2. The molecule has 1 aromatic heterocycles. The number of aromatic nitrogens is 1. The zero-order chi connectivity index (χ0) is 27.2. The minimum Gasteiger partial charge on any atom is -0.486 e. The Balaban J connectivity index is 1.59. The number of hydrogen-bond donors (Lipinski definition) is 0. The summed E-state index contributed by atoms with van der Waals surface area (Å²) in [6.07, 6.45) is 0.668. The van der Waals surface area contributed by atoms with Gasteiger partial charge in [-0.2, -0.15) is 5.06 Å². The predicted molar refractivity (Wildman–Crippen MR) is 142 cm³/mol. The molecule has 0 N–H and O–H groups in total. The summed E-state index contributed by atoms with van der Waals surface area (Å²) in [7, 11) is 0. The third-order valence-corrected chi connectivity index (χ3v) is 6.67. The molecule has 1 unspecified atom stereocenters. The minimum atomic E-state index is -0.262. The first kappa shape index (κ1) is 28.0. The van der Waals surface area contributed by atoms with Crippen LogP contribution >= 0.6 is 0 Å². The molecule has 0 aliphatic carbocycles. The van der Waals surface area contributed by atoms with E-state index in [0.29, 0.717) is 85.6 Å². The van der Waals surface area contributed by atoms with E-state index in [2.05, 4.69) is 11.9 Å². The topological polar surface area (TPSA) is 83.3 Å². The van der Waals surface area contributed by atoms with Crippen molar-refractivity contribution in [2.75, 3.05) is 46.1 Å². The van der Waals surface area contributed by atoms with Crippen LogP contribution in [0.15, 0.2) is 28.7 Å². The molecular formula is C29H37FN2O6. The molecule has 206 valence electrons. The summed E-state index contributed by atoms with van der Waals surface area (Å²) in [5.74, 6) is 1.06. The maximum absolute atomic E-state index is 13.3. The van der Waals surface area contributed by atoms with Gasteiger partial charge in [0.1, 0.15) is 24.5 Å². The summed E-state index contributed by atoms with van der Waals surface area (Å²) in [5, 5.41) is 1.85. The van der Waals surface area contributed by atoms with Gasteiger partial charge < -0.3 is 18.6 Å². The zero-order valence-electron chi connectivity index (χ0n) is 22.8. The number of hydrogen-bond acceptors (Lipinski definition) is 8. The van der Waals surface area contributed by atoms with Crippen LogP contribution in [-0.2, 0) is 9.57 Å². The molecule has 4 rings (SSSR count). The number of halogens is 1. The molecule has 2 heterocycles. The number of Topliss-reactive ketones (excluding diaryl/α,β-unsaturated/α-hetero) is 1. The number of aryl methyl sites for hydroxylation is 1. The molecule has 1 fully saturated rings. The van der Waals surface area contributed by atoms with Gasteiger partial charge in [0.05, 0.1) is 25.4 Å². The number of nitrogens with zero attached hydrogens (tertiary/aromatic N) is 2. The summed E-state index contributed by atoms with van der Waals surface area (Å²) in [4.78, 5) is 23.3. The average molecular weight is 529 g/mol. The Morgan fingerprint density at radius 1 is 1.05 bits per heavy atom. The van der Waals surface area contributed by atoms with Crippen LogP contribution in [0.3, 0.4) is 0 Å². The molecule has 1 aliphatic rings. The van der Waals surface area contributed by atoms with Gasteiger partial charge in [0, 0.05) is 19.0 Å². The normalized spacial score (nSPS) is 15.2. The van der Waals surface area contributed by atoms with E-state index in [0.717, 1.165) is 5.56 Å². The van der Waals surface area contributed by atoms with Crippen LogP contribution in [0.5, 0.6) is 11.5 Å². The van der Waals surface area contributed by atoms with Crippen LogP contribution in [0, 0.1) is 12.7 Å². The minimum absolute atomic E-state index is 0.0558. The maximum Gasteiger partial charge on any atom is 0.207 e. The monoisotopic (exact) mass is 528 g/mol. The Morgan fingerprint density at radius 3 is 2.39 bits per heavy atom. The van der Waals surface area contributed by atoms with Crippen molar-refractivity contribution in [2.24, 2.45) is 0 Å². The molecule has 38 heavy (non-hydrogen) atoms. The Hall–Kier alpha value is -3.01.